The second kappa shape index (κ2) is 8.53. The first kappa shape index (κ1) is 19.8. The third kappa shape index (κ3) is 3.92. The van der Waals surface area contributed by atoms with Crippen molar-refractivity contribution in [1.82, 2.24) is 19.6 Å². The minimum Gasteiger partial charge on any atom is -0.459 e. The zero-order chi connectivity index (χ0) is 20.5. The van der Waals surface area contributed by atoms with Crippen LogP contribution in [-0.4, -0.2) is 58.5 Å². The zero-order valence-electron chi connectivity index (χ0n) is 18.1. The smallest absolute Gasteiger partial charge is 0.134 e. The Hall–Kier alpha value is -2.15. The highest BCUT2D eigenvalue weighted by Gasteiger charge is 2.36. The number of aryl methyl sites for hydroxylation is 2. The molecule has 2 saturated heterocycles. The molecule has 3 aromatic rings. The molecule has 0 unspecified atom stereocenters. The van der Waals surface area contributed by atoms with Crippen LogP contribution in [0.3, 0.4) is 0 Å². The van der Waals surface area contributed by atoms with Crippen molar-refractivity contribution < 1.29 is 9.15 Å². The molecule has 6 nitrogen and oxygen atoms in total. The highest BCUT2D eigenvalue weighted by Crippen LogP contribution is 2.34. The lowest BCUT2D eigenvalue weighted by atomic mass is 9.99. The maximum atomic E-state index is 6.36. The quantitative estimate of drug-likeness (QED) is 0.641. The molecule has 2 aromatic heterocycles. The van der Waals surface area contributed by atoms with Gasteiger partial charge in [0.2, 0.25) is 0 Å². The lowest BCUT2D eigenvalue weighted by Crippen LogP contribution is -2.50. The van der Waals surface area contributed by atoms with Crippen LogP contribution in [0.1, 0.15) is 42.2 Å². The molecule has 4 heterocycles. The van der Waals surface area contributed by atoms with Gasteiger partial charge in [-0.15, -0.1) is 0 Å². The molecule has 0 bridgehead atoms. The summed E-state index contributed by atoms with van der Waals surface area (Å²) >= 11 is 0. The van der Waals surface area contributed by atoms with Gasteiger partial charge in [-0.1, -0.05) is 24.6 Å². The van der Waals surface area contributed by atoms with Crippen LogP contribution in [0.2, 0.25) is 0 Å². The van der Waals surface area contributed by atoms with Crippen molar-refractivity contribution in [3.8, 4) is 0 Å². The van der Waals surface area contributed by atoms with Gasteiger partial charge < -0.3 is 14.1 Å². The van der Waals surface area contributed by atoms with E-state index in [-0.39, 0.29) is 12.1 Å². The van der Waals surface area contributed by atoms with E-state index in [1.165, 1.54) is 48.9 Å². The summed E-state index contributed by atoms with van der Waals surface area (Å²) in [4.78, 5) is 5.10. The molecule has 0 aliphatic carbocycles. The number of hydrogen-bond acceptors (Lipinski definition) is 5. The molecule has 0 spiro atoms. The van der Waals surface area contributed by atoms with Crippen molar-refractivity contribution in [3.63, 3.8) is 0 Å². The first-order valence-electron chi connectivity index (χ1n) is 11.2. The molecule has 30 heavy (non-hydrogen) atoms. The van der Waals surface area contributed by atoms with Gasteiger partial charge in [0.25, 0.3) is 0 Å². The van der Waals surface area contributed by atoms with Crippen LogP contribution in [0.4, 0.5) is 0 Å². The second-order valence-corrected chi connectivity index (χ2v) is 8.78. The SMILES string of the molecule is Cc1c(CN2CCO[C@@H](CN3CCCCC3)[C@@H]2c2cnn(C)c2)oc2ccccc12. The second-order valence-electron chi connectivity index (χ2n) is 8.78. The summed E-state index contributed by atoms with van der Waals surface area (Å²) in [5.41, 5.74) is 3.45. The largest absolute Gasteiger partial charge is 0.459 e. The number of likely N-dealkylation sites (tertiary alicyclic amines) is 1. The topological polar surface area (TPSA) is 46.7 Å². The van der Waals surface area contributed by atoms with Gasteiger partial charge in [-0.3, -0.25) is 9.58 Å². The van der Waals surface area contributed by atoms with Gasteiger partial charge in [-0.2, -0.15) is 5.10 Å². The summed E-state index contributed by atoms with van der Waals surface area (Å²) in [6.45, 7) is 7.96. The van der Waals surface area contributed by atoms with Gasteiger partial charge in [0, 0.05) is 37.3 Å². The van der Waals surface area contributed by atoms with Gasteiger partial charge in [-0.05, 0) is 44.5 Å². The monoisotopic (exact) mass is 408 g/mol. The van der Waals surface area contributed by atoms with Crippen molar-refractivity contribution in [2.75, 3.05) is 32.8 Å². The summed E-state index contributed by atoms with van der Waals surface area (Å²) in [6.07, 6.45) is 8.23. The maximum absolute atomic E-state index is 6.36. The molecule has 1 aromatic carbocycles. The Morgan fingerprint density at radius 2 is 1.93 bits per heavy atom. The van der Waals surface area contributed by atoms with E-state index >= 15 is 0 Å². The predicted octanol–water partition coefficient (Wildman–Crippen LogP) is 3.90. The number of rotatable bonds is 5. The van der Waals surface area contributed by atoms with Crippen molar-refractivity contribution in [2.45, 2.75) is 44.9 Å². The number of nitrogens with zero attached hydrogens (tertiary/aromatic N) is 4. The molecule has 0 saturated carbocycles. The Labute approximate surface area is 178 Å². The number of ether oxygens (including phenoxy) is 1. The van der Waals surface area contributed by atoms with Gasteiger partial charge in [-0.25, -0.2) is 0 Å². The minimum atomic E-state index is 0.144. The standard InChI is InChI=1S/C24H32N4O2/c1-18-20-8-4-5-9-21(20)30-22(18)17-28-12-13-29-23(16-27-10-6-3-7-11-27)24(28)19-14-25-26(2)15-19/h4-5,8-9,14-15,23-24H,3,6-7,10-13,16-17H2,1-2H3/t23-,24-/m0/s1. The fourth-order valence-electron chi connectivity index (χ4n) is 5.09. The van der Waals surface area contributed by atoms with Gasteiger partial charge in [0.15, 0.2) is 0 Å². The normalized spacial score (nSPS) is 23.9. The van der Waals surface area contributed by atoms with Crippen LogP contribution in [0, 0.1) is 6.92 Å². The summed E-state index contributed by atoms with van der Waals surface area (Å²) < 4.78 is 14.5. The molecule has 2 atom stereocenters. The molecule has 6 heteroatoms. The number of furan rings is 1. The molecule has 0 radical (unpaired) electrons. The highest BCUT2D eigenvalue weighted by molar-refractivity contribution is 5.81. The maximum Gasteiger partial charge on any atom is 0.134 e. The summed E-state index contributed by atoms with van der Waals surface area (Å²) in [7, 11) is 1.99. The average molecular weight is 409 g/mol. The molecule has 2 aliphatic rings. The molecular weight excluding hydrogens is 376 g/mol. The van der Waals surface area contributed by atoms with E-state index in [1.54, 1.807) is 0 Å². The first-order chi connectivity index (χ1) is 14.7. The fourth-order valence-corrected chi connectivity index (χ4v) is 5.09. The Morgan fingerprint density at radius 3 is 2.70 bits per heavy atom. The van der Waals surface area contributed by atoms with Gasteiger partial charge in [0.1, 0.15) is 11.3 Å². The van der Waals surface area contributed by atoms with E-state index in [1.807, 2.05) is 24.0 Å². The van der Waals surface area contributed by atoms with E-state index in [0.717, 1.165) is 37.6 Å². The number of para-hydroxylation sites is 1. The van der Waals surface area contributed by atoms with Crippen LogP contribution in [-0.2, 0) is 18.3 Å². The van der Waals surface area contributed by atoms with Crippen LogP contribution in [0.15, 0.2) is 41.1 Å². The van der Waals surface area contributed by atoms with Crippen molar-refractivity contribution >= 4 is 11.0 Å². The number of piperidine rings is 1. The van der Waals surface area contributed by atoms with E-state index in [9.17, 15) is 0 Å². The number of benzene rings is 1. The Balaban J connectivity index is 1.43. The molecular formula is C24H32N4O2. The molecule has 0 amide bonds. The molecule has 2 fully saturated rings. The van der Waals surface area contributed by atoms with E-state index in [2.05, 4.69) is 46.2 Å². The summed E-state index contributed by atoms with van der Waals surface area (Å²) in [6, 6.07) is 8.51. The van der Waals surface area contributed by atoms with Crippen LogP contribution in [0.5, 0.6) is 0 Å². The van der Waals surface area contributed by atoms with Crippen molar-refractivity contribution in [3.05, 3.63) is 53.5 Å². The lowest BCUT2D eigenvalue weighted by Gasteiger charge is -2.43. The number of aromatic nitrogens is 2. The Kier molecular flexibility index (Phi) is 5.63. The number of hydrogen-bond donors (Lipinski definition) is 0. The van der Waals surface area contributed by atoms with Crippen LogP contribution in [0.25, 0.3) is 11.0 Å². The van der Waals surface area contributed by atoms with Crippen molar-refractivity contribution in [1.29, 1.82) is 0 Å². The number of morpholine rings is 1. The average Bonchev–Trinajstić information content (AvgIpc) is 3.33. The Morgan fingerprint density at radius 1 is 1.10 bits per heavy atom. The first-order valence-corrected chi connectivity index (χ1v) is 11.2. The van der Waals surface area contributed by atoms with E-state index in [4.69, 9.17) is 9.15 Å². The van der Waals surface area contributed by atoms with Crippen molar-refractivity contribution in [2.24, 2.45) is 7.05 Å². The lowest BCUT2D eigenvalue weighted by molar-refractivity contribution is -0.0905. The highest BCUT2D eigenvalue weighted by atomic mass is 16.5. The van der Waals surface area contributed by atoms with Gasteiger partial charge in [0.05, 0.1) is 31.5 Å². The molecule has 0 N–H and O–H groups in total. The van der Waals surface area contributed by atoms with Gasteiger partial charge >= 0.3 is 0 Å². The van der Waals surface area contributed by atoms with E-state index < -0.39 is 0 Å². The van der Waals surface area contributed by atoms with Crippen LogP contribution < -0.4 is 0 Å². The summed E-state index contributed by atoms with van der Waals surface area (Å²) in [5.74, 6) is 1.06. The molecule has 160 valence electrons. The van der Waals surface area contributed by atoms with E-state index in [0.29, 0.717) is 0 Å². The molecule has 2 aliphatic heterocycles. The number of fused-ring (bicyclic) bond motifs is 1. The molecule has 5 rings (SSSR count). The summed E-state index contributed by atoms with van der Waals surface area (Å²) in [5, 5.41) is 5.68. The Bertz CT molecular complexity index is 988. The third-order valence-corrected chi connectivity index (χ3v) is 6.70. The predicted molar refractivity (Wildman–Crippen MR) is 117 cm³/mol. The van der Waals surface area contributed by atoms with Crippen LogP contribution >= 0.6 is 0 Å². The third-order valence-electron chi connectivity index (χ3n) is 6.70. The fraction of sp³-hybridized carbons (Fsp3) is 0.542. The minimum absolute atomic E-state index is 0.144. The zero-order valence-corrected chi connectivity index (χ0v) is 18.1.